The summed E-state index contributed by atoms with van der Waals surface area (Å²) in [5, 5.41) is 18.0. The van der Waals surface area contributed by atoms with Crippen LogP contribution in [0.3, 0.4) is 0 Å². The van der Waals surface area contributed by atoms with E-state index in [1.54, 1.807) is 0 Å². The average molecular weight is 376 g/mol. The Hall–Kier alpha value is -0.845. The molecule has 0 bridgehead atoms. The lowest BCUT2D eigenvalue weighted by molar-refractivity contribution is -0.138. The van der Waals surface area contributed by atoms with Gasteiger partial charge in [-0.3, -0.25) is 4.79 Å². The van der Waals surface area contributed by atoms with Gasteiger partial charge in [0.2, 0.25) is 5.91 Å². The van der Waals surface area contributed by atoms with Crippen LogP contribution in [0.2, 0.25) is 0 Å². The van der Waals surface area contributed by atoms with E-state index in [4.69, 9.17) is 15.8 Å². The minimum atomic E-state index is -1.39. The number of allylic oxidation sites excluding steroid dienone is 1. The van der Waals surface area contributed by atoms with E-state index in [-0.39, 0.29) is 5.92 Å². The second-order valence-corrected chi connectivity index (χ2v) is 9.11. The molecule has 3 aliphatic rings. The Morgan fingerprint density at radius 2 is 1.74 bits per heavy atom. The van der Waals surface area contributed by atoms with Crippen molar-refractivity contribution in [3.63, 3.8) is 0 Å². The van der Waals surface area contributed by atoms with Crippen LogP contribution in [0.15, 0.2) is 12.1 Å². The standard InChI is InChI=1S/C21H37BN2O3/c23-15-17-4-2-5-19(14-17)18-8-11-24(12-9-18)21(25)20-6-1-3-16(13-20)7-10-22(26)27/h7,10,16-20,26-27H,1-6,8-9,11-15,23H2/b10-7-. The van der Waals surface area contributed by atoms with Gasteiger partial charge in [-0.05, 0) is 75.2 Å². The van der Waals surface area contributed by atoms with E-state index in [1.165, 1.54) is 31.7 Å². The van der Waals surface area contributed by atoms with Crippen LogP contribution < -0.4 is 5.73 Å². The van der Waals surface area contributed by atoms with Gasteiger partial charge in [-0.25, -0.2) is 0 Å². The van der Waals surface area contributed by atoms with E-state index in [1.807, 2.05) is 6.08 Å². The van der Waals surface area contributed by atoms with Gasteiger partial charge in [-0.2, -0.15) is 0 Å². The Morgan fingerprint density at radius 3 is 2.44 bits per heavy atom. The smallest absolute Gasteiger partial charge is 0.424 e. The normalized spacial score (nSPS) is 33.4. The summed E-state index contributed by atoms with van der Waals surface area (Å²) >= 11 is 0. The number of amides is 1. The summed E-state index contributed by atoms with van der Waals surface area (Å²) in [4.78, 5) is 15.1. The number of hydrogen-bond acceptors (Lipinski definition) is 4. The number of carbonyl (C=O) groups excluding carboxylic acids is 1. The van der Waals surface area contributed by atoms with E-state index < -0.39 is 7.12 Å². The van der Waals surface area contributed by atoms with Crippen molar-refractivity contribution in [3.8, 4) is 0 Å². The van der Waals surface area contributed by atoms with Crippen LogP contribution >= 0.6 is 0 Å². The zero-order valence-electron chi connectivity index (χ0n) is 16.6. The lowest BCUT2D eigenvalue weighted by atomic mass is 9.72. The number of piperidine rings is 1. The molecule has 0 aromatic heterocycles. The summed E-state index contributed by atoms with van der Waals surface area (Å²) in [7, 11) is -1.39. The molecule has 1 saturated heterocycles. The van der Waals surface area contributed by atoms with E-state index in [9.17, 15) is 4.79 Å². The number of rotatable bonds is 5. The molecule has 1 heterocycles. The van der Waals surface area contributed by atoms with Crippen LogP contribution in [0.25, 0.3) is 0 Å². The third-order valence-corrected chi connectivity index (χ3v) is 7.29. The first-order chi connectivity index (χ1) is 13.1. The Balaban J connectivity index is 1.46. The zero-order chi connectivity index (χ0) is 19.2. The largest absolute Gasteiger partial charge is 0.480 e. The number of carbonyl (C=O) groups is 1. The third-order valence-electron chi connectivity index (χ3n) is 7.29. The van der Waals surface area contributed by atoms with Crippen LogP contribution in [0, 0.1) is 29.6 Å². The molecule has 27 heavy (non-hydrogen) atoms. The maximum atomic E-state index is 13.0. The molecule has 4 atom stereocenters. The molecule has 0 aromatic carbocycles. The van der Waals surface area contributed by atoms with E-state index in [0.29, 0.717) is 17.7 Å². The van der Waals surface area contributed by atoms with Crippen LogP contribution in [-0.2, 0) is 4.79 Å². The summed E-state index contributed by atoms with van der Waals surface area (Å²) < 4.78 is 0. The predicted molar refractivity (Wildman–Crippen MR) is 109 cm³/mol. The first-order valence-electron chi connectivity index (χ1n) is 11.1. The van der Waals surface area contributed by atoms with Crippen molar-refractivity contribution in [1.82, 2.24) is 4.90 Å². The van der Waals surface area contributed by atoms with E-state index >= 15 is 0 Å². The molecular weight excluding hydrogens is 339 g/mol. The topological polar surface area (TPSA) is 86.8 Å². The monoisotopic (exact) mass is 376 g/mol. The van der Waals surface area contributed by atoms with E-state index in [0.717, 1.165) is 70.0 Å². The van der Waals surface area contributed by atoms with Gasteiger partial charge in [0.05, 0.1) is 0 Å². The fourth-order valence-electron chi connectivity index (χ4n) is 5.71. The molecule has 6 heteroatoms. The number of nitrogens with zero attached hydrogens (tertiary/aromatic N) is 1. The van der Waals surface area contributed by atoms with Gasteiger partial charge >= 0.3 is 7.12 Å². The lowest BCUT2D eigenvalue weighted by Gasteiger charge is -2.41. The number of nitrogens with two attached hydrogens (primary N) is 1. The second-order valence-electron chi connectivity index (χ2n) is 9.11. The van der Waals surface area contributed by atoms with E-state index in [2.05, 4.69) is 4.90 Å². The molecule has 1 aliphatic heterocycles. The van der Waals surface area contributed by atoms with Crippen molar-refractivity contribution in [2.75, 3.05) is 19.6 Å². The predicted octanol–water partition coefficient (Wildman–Crippen LogP) is 2.36. The van der Waals surface area contributed by atoms with Crippen molar-refractivity contribution in [1.29, 1.82) is 0 Å². The maximum absolute atomic E-state index is 13.0. The van der Waals surface area contributed by atoms with Gasteiger partial charge in [0, 0.05) is 19.0 Å². The summed E-state index contributed by atoms with van der Waals surface area (Å²) in [5.41, 5.74) is 5.90. The minimum Gasteiger partial charge on any atom is -0.424 e. The highest BCUT2D eigenvalue weighted by atomic mass is 16.4. The molecule has 0 aromatic rings. The molecular formula is C21H37BN2O3. The summed E-state index contributed by atoms with van der Waals surface area (Å²) in [6, 6.07) is 0. The molecule has 152 valence electrons. The van der Waals surface area contributed by atoms with Gasteiger partial charge in [0.1, 0.15) is 0 Å². The zero-order valence-corrected chi connectivity index (χ0v) is 16.6. The second kappa shape index (κ2) is 10.1. The van der Waals surface area contributed by atoms with Gasteiger partial charge in [-0.15, -0.1) is 0 Å². The van der Waals surface area contributed by atoms with Gasteiger partial charge in [0.25, 0.3) is 0 Å². The molecule has 0 radical (unpaired) electrons. The van der Waals surface area contributed by atoms with Crippen LogP contribution in [0.5, 0.6) is 0 Å². The molecule has 1 amide bonds. The molecule has 3 rings (SSSR count). The Morgan fingerprint density at radius 1 is 1.00 bits per heavy atom. The van der Waals surface area contributed by atoms with Gasteiger partial charge in [-0.1, -0.05) is 31.3 Å². The van der Waals surface area contributed by atoms with Crippen molar-refractivity contribution in [2.24, 2.45) is 35.3 Å². The summed E-state index contributed by atoms with van der Waals surface area (Å²) in [5.74, 6) is 4.48. The Labute approximate surface area is 164 Å². The molecule has 2 saturated carbocycles. The van der Waals surface area contributed by atoms with Crippen molar-refractivity contribution in [2.45, 2.75) is 64.2 Å². The lowest BCUT2D eigenvalue weighted by Crippen LogP contribution is -2.44. The van der Waals surface area contributed by atoms with Crippen LogP contribution in [-0.4, -0.2) is 47.6 Å². The van der Waals surface area contributed by atoms with Gasteiger partial charge in [0.15, 0.2) is 0 Å². The Kier molecular flexibility index (Phi) is 7.80. The highest BCUT2D eigenvalue weighted by Gasteiger charge is 2.34. The quantitative estimate of drug-likeness (QED) is 0.643. The SMILES string of the molecule is NCC1CCCC(C2CCN(C(=O)C3CCCC(/C=C\B(O)O)C3)CC2)C1. The first-order valence-corrected chi connectivity index (χ1v) is 11.1. The molecule has 3 fully saturated rings. The summed E-state index contributed by atoms with van der Waals surface area (Å²) in [6.07, 6.45) is 13.4. The van der Waals surface area contributed by atoms with Crippen molar-refractivity contribution >= 4 is 13.0 Å². The molecule has 0 spiro atoms. The van der Waals surface area contributed by atoms with Crippen LogP contribution in [0.4, 0.5) is 0 Å². The third kappa shape index (κ3) is 5.82. The molecule has 4 unspecified atom stereocenters. The van der Waals surface area contributed by atoms with Crippen molar-refractivity contribution in [3.05, 3.63) is 12.1 Å². The highest BCUT2D eigenvalue weighted by Crippen LogP contribution is 2.39. The van der Waals surface area contributed by atoms with Crippen molar-refractivity contribution < 1.29 is 14.8 Å². The maximum Gasteiger partial charge on any atom is 0.480 e. The van der Waals surface area contributed by atoms with Crippen LogP contribution in [0.1, 0.15) is 64.2 Å². The Bertz CT molecular complexity index is 506. The summed E-state index contributed by atoms with van der Waals surface area (Å²) in [6.45, 7) is 2.66. The first kappa shape index (κ1) is 20.9. The fourth-order valence-corrected chi connectivity index (χ4v) is 5.71. The molecule has 2 aliphatic carbocycles. The highest BCUT2D eigenvalue weighted by molar-refractivity contribution is 6.47. The fraction of sp³-hybridized carbons (Fsp3) is 0.857. The van der Waals surface area contributed by atoms with Gasteiger partial charge < -0.3 is 20.7 Å². The molecule has 5 nitrogen and oxygen atoms in total. The minimum absolute atomic E-state index is 0.108. The number of hydrogen-bond donors (Lipinski definition) is 3. The molecule has 4 N–H and O–H groups in total. The average Bonchev–Trinajstić information content (AvgIpc) is 2.72. The number of likely N-dealkylation sites (tertiary alicyclic amines) is 1.